The van der Waals surface area contributed by atoms with E-state index in [2.05, 4.69) is 5.32 Å². The van der Waals surface area contributed by atoms with Crippen molar-refractivity contribution in [2.45, 2.75) is 56.9 Å². The number of sulfonamides is 1. The lowest BCUT2D eigenvalue weighted by molar-refractivity contribution is -0.140. The Hall–Kier alpha value is -3.28. The van der Waals surface area contributed by atoms with Gasteiger partial charge in [-0.3, -0.25) is 13.9 Å². The summed E-state index contributed by atoms with van der Waals surface area (Å²) in [6, 6.07) is 14.5. The number of nitrogens with one attached hydrogen (secondary N) is 1. The van der Waals surface area contributed by atoms with Crippen LogP contribution in [-0.4, -0.2) is 43.8 Å². The van der Waals surface area contributed by atoms with E-state index < -0.39 is 51.9 Å². The van der Waals surface area contributed by atoms with Crippen LogP contribution in [0.2, 0.25) is 10.0 Å². The Labute approximate surface area is 253 Å². The highest BCUT2D eigenvalue weighted by atomic mass is 35.5. The molecule has 226 valence electrons. The number of benzene rings is 3. The summed E-state index contributed by atoms with van der Waals surface area (Å²) in [6.45, 7) is 4.05. The summed E-state index contributed by atoms with van der Waals surface area (Å²) in [5, 5.41) is 2.75. The Kier molecular flexibility index (Phi) is 10.9. The van der Waals surface area contributed by atoms with Crippen LogP contribution >= 0.6 is 23.2 Å². The third kappa shape index (κ3) is 7.96. The second-order valence-electron chi connectivity index (χ2n) is 9.69. The molecular formula is C29H30Cl2F3N3O4S. The van der Waals surface area contributed by atoms with Crippen molar-refractivity contribution in [3.63, 3.8) is 0 Å². The fourth-order valence-electron chi connectivity index (χ4n) is 4.22. The van der Waals surface area contributed by atoms with Gasteiger partial charge in [0, 0.05) is 17.6 Å². The van der Waals surface area contributed by atoms with E-state index in [1.807, 2.05) is 0 Å². The molecule has 0 aromatic heterocycles. The summed E-state index contributed by atoms with van der Waals surface area (Å²) < 4.78 is 69.2. The first-order chi connectivity index (χ1) is 19.7. The van der Waals surface area contributed by atoms with Gasteiger partial charge in [-0.05, 0) is 62.2 Å². The van der Waals surface area contributed by atoms with Crippen LogP contribution in [0.5, 0.6) is 0 Å². The maximum Gasteiger partial charge on any atom is 0.416 e. The van der Waals surface area contributed by atoms with Crippen LogP contribution in [0, 0.1) is 0 Å². The van der Waals surface area contributed by atoms with E-state index in [1.54, 1.807) is 51.1 Å². The largest absolute Gasteiger partial charge is 0.416 e. The lowest BCUT2D eigenvalue weighted by Gasteiger charge is -2.34. The highest BCUT2D eigenvalue weighted by molar-refractivity contribution is 7.92. The van der Waals surface area contributed by atoms with Crippen molar-refractivity contribution in [2.24, 2.45) is 0 Å². The second-order valence-corrected chi connectivity index (χ2v) is 12.4. The third-order valence-electron chi connectivity index (χ3n) is 6.27. The zero-order valence-corrected chi connectivity index (χ0v) is 25.4. The molecule has 0 aliphatic carbocycles. The molecule has 0 saturated carbocycles. The molecule has 0 aliphatic heterocycles. The van der Waals surface area contributed by atoms with Crippen LogP contribution in [0.1, 0.15) is 38.3 Å². The van der Waals surface area contributed by atoms with Crippen molar-refractivity contribution in [1.82, 2.24) is 10.2 Å². The number of alkyl halides is 3. The molecule has 1 N–H and O–H groups in total. The van der Waals surface area contributed by atoms with Crippen LogP contribution in [0.25, 0.3) is 0 Å². The molecule has 0 spiro atoms. The fourth-order valence-corrected chi connectivity index (χ4v) is 6.13. The van der Waals surface area contributed by atoms with Gasteiger partial charge in [0.05, 0.1) is 21.2 Å². The summed E-state index contributed by atoms with van der Waals surface area (Å²) in [6.07, 6.45) is -4.66. The Morgan fingerprint density at radius 3 is 2.12 bits per heavy atom. The van der Waals surface area contributed by atoms with Gasteiger partial charge in [-0.15, -0.1) is 0 Å². The Bertz CT molecular complexity index is 1520. The predicted molar refractivity (Wildman–Crippen MR) is 157 cm³/mol. The number of hydrogen-bond acceptors (Lipinski definition) is 4. The average molecular weight is 645 g/mol. The van der Waals surface area contributed by atoms with Gasteiger partial charge in [-0.25, -0.2) is 8.42 Å². The summed E-state index contributed by atoms with van der Waals surface area (Å²) in [5.41, 5.74) is -1.21. The number of rotatable bonds is 11. The molecule has 0 bridgehead atoms. The van der Waals surface area contributed by atoms with E-state index in [4.69, 9.17) is 23.2 Å². The Morgan fingerprint density at radius 2 is 1.55 bits per heavy atom. The molecule has 0 fully saturated rings. The standard InChI is InChI=1S/C29H30Cl2F3N3O4S/c1-4-25(28(39)35-19(2)3)36(17-20-10-8-9-13-23(20)30)27(38)18-37(42(40,41)22-11-6-5-7-12-22)26-16-21(29(32,33)34)14-15-24(26)31/h5-16,19,25H,4,17-18H2,1-3H3,(H,35,39)/t25-/m0/s1. The highest BCUT2D eigenvalue weighted by Gasteiger charge is 2.37. The molecule has 3 aromatic rings. The number of nitrogens with zero attached hydrogens (tertiary/aromatic N) is 2. The minimum absolute atomic E-state index is 0.157. The number of carbonyl (C=O) groups excluding carboxylic acids is 2. The number of carbonyl (C=O) groups is 2. The van der Waals surface area contributed by atoms with E-state index in [9.17, 15) is 31.2 Å². The van der Waals surface area contributed by atoms with Crippen molar-refractivity contribution in [2.75, 3.05) is 10.8 Å². The summed E-state index contributed by atoms with van der Waals surface area (Å²) in [7, 11) is -4.61. The maximum absolute atomic E-state index is 14.0. The normalized spacial score (nSPS) is 12.6. The average Bonchev–Trinajstić information content (AvgIpc) is 2.92. The van der Waals surface area contributed by atoms with E-state index in [-0.39, 0.29) is 28.9 Å². The molecule has 1 atom stereocenters. The second kappa shape index (κ2) is 13.8. The Balaban J connectivity index is 2.17. The molecule has 0 saturated heterocycles. The molecular weight excluding hydrogens is 614 g/mol. The fraction of sp³-hybridized carbons (Fsp3) is 0.310. The van der Waals surface area contributed by atoms with E-state index >= 15 is 0 Å². The predicted octanol–water partition coefficient (Wildman–Crippen LogP) is 6.54. The van der Waals surface area contributed by atoms with Gasteiger partial charge in [-0.2, -0.15) is 13.2 Å². The van der Waals surface area contributed by atoms with Gasteiger partial charge in [0.25, 0.3) is 10.0 Å². The summed E-state index contributed by atoms with van der Waals surface area (Å²) in [4.78, 5) is 28.1. The van der Waals surface area contributed by atoms with E-state index in [0.29, 0.717) is 27.0 Å². The topological polar surface area (TPSA) is 86.8 Å². The monoisotopic (exact) mass is 643 g/mol. The van der Waals surface area contributed by atoms with Crippen LogP contribution in [0.4, 0.5) is 18.9 Å². The van der Waals surface area contributed by atoms with Crippen molar-refractivity contribution in [3.05, 3.63) is 94.0 Å². The van der Waals surface area contributed by atoms with E-state index in [1.165, 1.54) is 29.2 Å². The molecule has 2 amide bonds. The molecule has 0 aliphatic rings. The number of halogens is 5. The zero-order chi connectivity index (χ0) is 31.2. The number of anilines is 1. The van der Waals surface area contributed by atoms with Crippen molar-refractivity contribution in [3.8, 4) is 0 Å². The minimum Gasteiger partial charge on any atom is -0.352 e. The highest BCUT2D eigenvalue weighted by Crippen LogP contribution is 2.37. The van der Waals surface area contributed by atoms with Crippen LogP contribution in [0.15, 0.2) is 77.7 Å². The van der Waals surface area contributed by atoms with Crippen LogP contribution < -0.4 is 9.62 Å². The molecule has 42 heavy (non-hydrogen) atoms. The number of hydrogen-bond donors (Lipinski definition) is 1. The molecule has 13 heteroatoms. The lowest BCUT2D eigenvalue weighted by atomic mass is 10.1. The first-order valence-corrected chi connectivity index (χ1v) is 15.1. The number of amides is 2. The van der Waals surface area contributed by atoms with Crippen molar-refractivity contribution >= 4 is 50.7 Å². The molecule has 3 rings (SSSR count). The summed E-state index contributed by atoms with van der Waals surface area (Å²) in [5.74, 6) is -1.34. The maximum atomic E-state index is 14.0. The van der Waals surface area contributed by atoms with Gasteiger partial charge in [0.15, 0.2) is 0 Å². The van der Waals surface area contributed by atoms with Crippen LogP contribution in [0.3, 0.4) is 0 Å². The molecule has 0 heterocycles. The van der Waals surface area contributed by atoms with Gasteiger partial charge in [0.1, 0.15) is 12.6 Å². The van der Waals surface area contributed by atoms with E-state index in [0.717, 1.165) is 6.07 Å². The molecule has 3 aromatic carbocycles. The van der Waals surface area contributed by atoms with Crippen LogP contribution in [-0.2, 0) is 32.3 Å². The minimum atomic E-state index is -4.82. The Morgan fingerprint density at radius 1 is 0.929 bits per heavy atom. The molecule has 7 nitrogen and oxygen atoms in total. The smallest absolute Gasteiger partial charge is 0.352 e. The first-order valence-electron chi connectivity index (χ1n) is 12.9. The van der Waals surface area contributed by atoms with Crippen molar-refractivity contribution in [1.29, 1.82) is 0 Å². The lowest BCUT2D eigenvalue weighted by Crippen LogP contribution is -2.53. The summed E-state index contributed by atoms with van der Waals surface area (Å²) >= 11 is 12.6. The van der Waals surface area contributed by atoms with Gasteiger partial charge in [-0.1, -0.05) is 66.5 Å². The zero-order valence-electron chi connectivity index (χ0n) is 23.0. The first kappa shape index (κ1) is 33.2. The molecule has 0 unspecified atom stereocenters. The van der Waals surface area contributed by atoms with Gasteiger partial charge >= 0.3 is 6.18 Å². The molecule has 0 radical (unpaired) electrons. The van der Waals surface area contributed by atoms with Gasteiger partial charge < -0.3 is 10.2 Å². The van der Waals surface area contributed by atoms with Gasteiger partial charge in [0.2, 0.25) is 11.8 Å². The third-order valence-corrected chi connectivity index (χ3v) is 8.73. The SMILES string of the molecule is CC[C@@H](C(=O)NC(C)C)N(Cc1ccccc1Cl)C(=O)CN(c1cc(C(F)(F)F)ccc1Cl)S(=O)(=O)c1ccccc1. The quantitative estimate of drug-likeness (QED) is 0.257. The van der Waals surface area contributed by atoms with Crippen molar-refractivity contribution < 1.29 is 31.2 Å².